The van der Waals surface area contributed by atoms with Gasteiger partial charge in [0, 0.05) is 31.3 Å². The Kier molecular flexibility index (Phi) is 9.33. The van der Waals surface area contributed by atoms with Crippen molar-refractivity contribution >= 4 is 29.7 Å². The van der Waals surface area contributed by atoms with Crippen LogP contribution in [0.3, 0.4) is 0 Å². The molecule has 13 nitrogen and oxygen atoms in total. The lowest BCUT2D eigenvalue weighted by Crippen LogP contribution is -2.58. The molecule has 2 heterocycles. The molecule has 4 unspecified atom stereocenters. The zero-order valence-electron chi connectivity index (χ0n) is 20.0. The monoisotopic (exact) mass is 514 g/mol. The maximum absolute atomic E-state index is 13.3. The molecule has 3 rings (SSSR count). The van der Waals surface area contributed by atoms with Gasteiger partial charge in [0.2, 0.25) is 17.7 Å². The second-order valence-corrected chi connectivity index (χ2v) is 8.83. The van der Waals surface area contributed by atoms with Gasteiger partial charge in [-0.25, -0.2) is 9.78 Å². The van der Waals surface area contributed by atoms with Crippen molar-refractivity contribution in [1.82, 2.24) is 25.5 Å². The van der Waals surface area contributed by atoms with E-state index in [9.17, 15) is 34.2 Å². The molecule has 1 aliphatic rings. The second kappa shape index (κ2) is 12.6. The number of benzene rings is 1. The van der Waals surface area contributed by atoms with Crippen LogP contribution in [0.4, 0.5) is 0 Å². The SMILES string of the molecule is NC(Cc1cnc[nH]1)C(=O)NC(Cc1ccccc1)C(=O)NC(CC(=O)O)C(=O)N1CCCC1C(=O)O. The lowest BCUT2D eigenvalue weighted by molar-refractivity contribution is -0.150. The minimum atomic E-state index is -1.52. The van der Waals surface area contributed by atoms with Crippen molar-refractivity contribution in [3.63, 3.8) is 0 Å². The number of carboxylic acids is 2. The number of nitrogens with two attached hydrogens (primary N) is 1. The van der Waals surface area contributed by atoms with Gasteiger partial charge in [-0.1, -0.05) is 30.3 Å². The number of aliphatic carboxylic acids is 2. The smallest absolute Gasteiger partial charge is 0.326 e. The molecule has 2 aromatic rings. The van der Waals surface area contributed by atoms with E-state index in [0.717, 1.165) is 4.90 Å². The van der Waals surface area contributed by atoms with Crippen LogP contribution in [0.15, 0.2) is 42.9 Å². The number of nitrogens with zero attached hydrogens (tertiary/aromatic N) is 2. The summed E-state index contributed by atoms with van der Waals surface area (Å²) in [5, 5.41) is 23.8. The summed E-state index contributed by atoms with van der Waals surface area (Å²) in [6, 6.07) is 3.99. The summed E-state index contributed by atoms with van der Waals surface area (Å²) in [6.07, 6.45) is 3.07. The summed E-state index contributed by atoms with van der Waals surface area (Å²) in [5.41, 5.74) is 7.33. The summed E-state index contributed by atoms with van der Waals surface area (Å²) in [6.45, 7) is 0.133. The molecular formula is C24H30N6O7. The highest BCUT2D eigenvalue weighted by atomic mass is 16.4. The van der Waals surface area contributed by atoms with Crippen LogP contribution >= 0.6 is 0 Å². The van der Waals surface area contributed by atoms with Gasteiger partial charge < -0.3 is 36.5 Å². The van der Waals surface area contributed by atoms with Crippen molar-refractivity contribution in [2.75, 3.05) is 6.54 Å². The topological polar surface area (TPSA) is 208 Å². The van der Waals surface area contributed by atoms with Gasteiger partial charge in [-0.2, -0.15) is 0 Å². The number of hydrogen-bond acceptors (Lipinski definition) is 7. The van der Waals surface area contributed by atoms with Gasteiger partial charge in [-0.15, -0.1) is 0 Å². The molecule has 0 bridgehead atoms. The van der Waals surface area contributed by atoms with Crippen molar-refractivity contribution in [1.29, 1.82) is 0 Å². The van der Waals surface area contributed by atoms with Crippen LogP contribution in [0.1, 0.15) is 30.5 Å². The van der Waals surface area contributed by atoms with Crippen LogP contribution in [-0.4, -0.2) is 85.5 Å². The van der Waals surface area contributed by atoms with Crippen molar-refractivity contribution in [3.05, 3.63) is 54.1 Å². The summed E-state index contributed by atoms with van der Waals surface area (Å²) in [7, 11) is 0. The Morgan fingerprint density at radius 1 is 1.05 bits per heavy atom. The molecule has 0 saturated carbocycles. The number of hydrogen-bond donors (Lipinski definition) is 6. The van der Waals surface area contributed by atoms with Gasteiger partial charge in [0.1, 0.15) is 18.1 Å². The van der Waals surface area contributed by atoms with Crippen LogP contribution < -0.4 is 16.4 Å². The Morgan fingerprint density at radius 3 is 2.38 bits per heavy atom. The molecule has 3 amide bonds. The number of aromatic nitrogens is 2. The maximum atomic E-state index is 13.3. The van der Waals surface area contributed by atoms with Gasteiger partial charge in [0.15, 0.2) is 0 Å². The number of carboxylic acid groups (broad SMARTS) is 2. The molecule has 4 atom stereocenters. The van der Waals surface area contributed by atoms with E-state index in [-0.39, 0.29) is 25.8 Å². The molecule has 1 aliphatic heterocycles. The van der Waals surface area contributed by atoms with Crippen LogP contribution in [0.25, 0.3) is 0 Å². The van der Waals surface area contributed by atoms with E-state index < -0.39 is 60.2 Å². The number of carbonyl (C=O) groups is 5. The molecule has 37 heavy (non-hydrogen) atoms. The quantitative estimate of drug-likeness (QED) is 0.206. The number of imidazole rings is 1. The zero-order valence-corrected chi connectivity index (χ0v) is 20.0. The molecule has 1 aromatic heterocycles. The molecule has 1 aromatic carbocycles. The van der Waals surface area contributed by atoms with E-state index in [4.69, 9.17) is 5.73 Å². The highest BCUT2D eigenvalue weighted by molar-refractivity contribution is 5.96. The van der Waals surface area contributed by atoms with Crippen LogP contribution in [0, 0.1) is 0 Å². The number of carbonyl (C=O) groups excluding carboxylic acids is 3. The molecule has 1 saturated heterocycles. The van der Waals surface area contributed by atoms with Gasteiger partial charge in [-0.3, -0.25) is 19.2 Å². The minimum absolute atomic E-state index is 0.0463. The Hall–Kier alpha value is -4.26. The number of H-pyrrole nitrogens is 1. The first-order valence-electron chi connectivity index (χ1n) is 11.8. The third-order valence-electron chi connectivity index (χ3n) is 6.06. The van der Waals surface area contributed by atoms with E-state index in [1.165, 1.54) is 12.5 Å². The molecular weight excluding hydrogens is 484 g/mol. The fraction of sp³-hybridized carbons (Fsp3) is 0.417. The van der Waals surface area contributed by atoms with E-state index in [2.05, 4.69) is 20.6 Å². The molecule has 1 fully saturated rings. The van der Waals surface area contributed by atoms with Crippen molar-refractivity contribution in [2.24, 2.45) is 5.73 Å². The van der Waals surface area contributed by atoms with Gasteiger partial charge >= 0.3 is 11.9 Å². The average Bonchev–Trinajstić information content (AvgIpc) is 3.55. The second-order valence-electron chi connectivity index (χ2n) is 8.83. The van der Waals surface area contributed by atoms with Crippen LogP contribution in [-0.2, 0) is 36.8 Å². The van der Waals surface area contributed by atoms with E-state index in [0.29, 0.717) is 17.7 Å². The fourth-order valence-corrected chi connectivity index (χ4v) is 4.20. The standard InChI is InChI=1S/C24H30N6O7/c25-16(10-15-12-26-13-27-15)21(33)28-17(9-14-5-2-1-3-6-14)22(34)29-18(11-20(31)32)23(35)30-8-4-7-19(30)24(36)37/h1-3,5-6,12-13,16-19H,4,7-11,25H2,(H,26,27)(H,28,33)(H,29,34)(H,31,32)(H,36,37). The number of rotatable bonds is 12. The van der Waals surface area contributed by atoms with E-state index >= 15 is 0 Å². The third-order valence-corrected chi connectivity index (χ3v) is 6.06. The first kappa shape index (κ1) is 27.3. The number of aromatic amines is 1. The Bertz CT molecular complexity index is 1110. The van der Waals surface area contributed by atoms with Crippen molar-refractivity contribution in [2.45, 2.75) is 56.3 Å². The van der Waals surface area contributed by atoms with Crippen molar-refractivity contribution in [3.8, 4) is 0 Å². The normalized spacial score (nSPS) is 17.4. The molecule has 0 radical (unpaired) electrons. The number of likely N-dealkylation sites (tertiary alicyclic amines) is 1. The molecule has 0 aliphatic carbocycles. The highest BCUT2D eigenvalue weighted by Gasteiger charge is 2.39. The predicted octanol–water partition coefficient (Wildman–Crippen LogP) is -0.958. The summed E-state index contributed by atoms with van der Waals surface area (Å²) >= 11 is 0. The summed E-state index contributed by atoms with van der Waals surface area (Å²) in [5.74, 6) is -4.78. The van der Waals surface area contributed by atoms with Crippen LogP contribution in [0.5, 0.6) is 0 Å². The molecule has 198 valence electrons. The molecule has 0 spiro atoms. The third kappa shape index (κ3) is 7.61. The highest BCUT2D eigenvalue weighted by Crippen LogP contribution is 2.19. The van der Waals surface area contributed by atoms with Gasteiger partial charge in [-0.05, 0) is 18.4 Å². The summed E-state index contributed by atoms with van der Waals surface area (Å²) in [4.78, 5) is 70.0. The Balaban J connectivity index is 1.77. The van der Waals surface area contributed by atoms with E-state index in [1.54, 1.807) is 30.3 Å². The molecule has 13 heteroatoms. The Labute approximate surface area is 212 Å². The van der Waals surface area contributed by atoms with Crippen molar-refractivity contribution < 1.29 is 34.2 Å². The lowest BCUT2D eigenvalue weighted by atomic mass is 10.0. The number of nitrogens with one attached hydrogen (secondary N) is 3. The first-order chi connectivity index (χ1) is 17.7. The number of amides is 3. The Morgan fingerprint density at radius 2 is 1.76 bits per heavy atom. The minimum Gasteiger partial charge on any atom is -0.481 e. The first-order valence-corrected chi connectivity index (χ1v) is 11.8. The molecule has 7 N–H and O–H groups in total. The lowest BCUT2D eigenvalue weighted by Gasteiger charge is -2.28. The van der Waals surface area contributed by atoms with Gasteiger partial charge in [0.25, 0.3) is 0 Å². The average molecular weight is 515 g/mol. The zero-order chi connectivity index (χ0) is 26.9. The van der Waals surface area contributed by atoms with Gasteiger partial charge in [0.05, 0.1) is 18.8 Å². The maximum Gasteiger partial charge on any atom is 0.326 e. The fourth-order valence-electron chi connectivity index (χ4n) is 4.20. The largest absolute Gasteiger partial charge is 0.481 e. The predicted molar refractivity (Wildman–Crippen MR) is 129 cm³/mol. The summed E-state index contributed by atoms with van der Waals surface area (Å²) < 4.78 is 0. The van der Waals surface area contributed by atoms with Crippen LogP contribution in [0.2, 0.25) is 0 Å². The van der Waals surface area contributed by atoms with E-state index in [1.807, 2.05) is 0 Å².